The van der Waals surface area contributed by atoms with Gasteiger partial charge in [-0.15, -0.1) is 0 Å². The van der Waals surface area contributed by atoms with Gasteiger partial charge in [-0.25, -0.2) is 4.21 Å². The van der Waals surface area contributed by atoms with Crippen LogP contribution in [-0.4, -0.2) is 58.9 Å². The van der Waals surface area contributed by atoms with Gasteiger partial charge in [0.15, 0.2) is 11.1 Å². The van der Waals surface area contributed by atoms with E-state index < -0.39 is 40.7 Å². The quantitative estimate of drug-likeness (QED) is 0.370. The zero-order valence-corrected chi connectivity index (χ0v) is 10.9. The van der Waals surface area contributed by atoms with Crippen molar-refractivity contribution in [1.29, 1.82) is 0 Å². The predicted octanol–water partition coefficient (Wildman–Crippen LogP) is -0.770. The van der Waals surface area contributed by atoms with Gasteiger partial charge in [0.05, 0.1) is 17.5 Å². The van der Waals surface area contributed by atoms with Crippen LogP contribution in [0.3, 0.4) is 0 Å². The van der Waals surface area contributed by atoms with E-state index in [2.05, 4.69) is 0 Å². The van der Waals surface area contributed by atoms with Crippen LogP contribution in [0.25, 0.3) is 0 Å². The van der Waals surface area contributed by atoms with Crippen LogP contribution in [0.4, 0.5) is 0 Å². The van der Waals surface area contributed by atoms with Crippen molar-refractivity contribution in [3.05, 3.63) is 0 Å². The fraction of sp³-hybridized carbons (Fsp3) is 1.00. The Morgan fingerprint density at radius 3 is 1.94 bits per heavy atom. The molecule has 6 nitrogen and oxygen atoms in total. The summed E-state index contributed by atoms with van der Waals surface area (Å²) in [5.41, 5.74) is 0. The van der Waals surface area contributed by atoms with Crippen LogP contribution < -0.4 is 0 Å². The zero-order chi connectivity index (χ0) is 13.6. The minimum Gasteiger partial charge on any atom is -0.391 e. The van der Waals surface area contributed by atoms with Gasteiger partial charge in [0.25, 0.3) is 0 Å². The summed E-state index contributed by atoms with van der Waals surface area (Å²) >= 11 is -2.29. The largest absolute Gasteiger partial charge is 0.391 e. The Morgan fingerprint density at radius 2 is 1.59 bits per heavy atom. The minimum atomic E-state index is -2.29. The first-order chi connectivity index (χ1) is 7.82. The van der Waals surface area contributed by atoms with Gasteiger partial charge in [-0.3, -0.25) is 0 Å². The summed E-state index contributed by atoms with van der Waals surface area (Å²) in [7, 11) is 0. The van der Waals surface area contributed by atoms with Gasteiger partial charge in [0, 0.05) is 0 Å². The molecule has 0 saturated heterocycles. The second kappa shape index (κ2) is 8.12. The van der Waals surface area contributed by atoms with E-state index in [1.165, 1.54) is 6.92 Å². The highest BCUT2D eigenvalue weighted by molar-refractivity contribution is 7.79. The summed E-state index contributed by atoms with van der Waals surface area (Å²) in [5.74, 6) is 0. The molecule has 6 atom stereocenters. The average molecular weight is 270 g/mol. The summed E-state index contributed by atoms with van der Waals surface area (Å²) in [6.07, 6.45) is -4.27. The van der Waals surface area contributed by atoms with Crippen molar-refractivity contribution < 1.29 is 29.2 Å². The molecule has 0 aromatic heterocycles. The van der Waals surface area contributed by atoms with Gasteiger partial charge in [-0.2, -0.15) is 0 Å². The van der Waals surface area contributed by atoms with E-state index in [4.69, 9.17) is 9.66 Å². The smallest absolute Gasteiger partial charge is 0.158 e. The molecule has 0 aliphatic carbocycles. The highest BCUT2D eigenvalue weighted by atomic mass is 32.2. The normalized spacial score (nSPS) is 22.5. The number of aliphatic hydroxyl groups is 4. The Bertz CT molecular complexity index is 235. The van der Waals surface area contributed by atoms with Gasteiger partial charge >= 0.3 is 0 Å². The van der Waals surface area contributed by atoms with Gasteiger partial charge in [0.1, 0.15) is 12.2 Å². The summed E-state index contributed by atoms with van der Waals surface area (Å²) in [4.78, 5) is 0. The second-order valence-electron chi connectivity index (χ2n) is 4.17. The van der Waals surface area contributed by atoms with Crippen molar-refractivity contribution in [2.45, 2.75) is 62.8 Å². The third-order valence-corrected chi connectivity index (χ3v) is 3.71. The van der Waals surface area contributed by atoms with Gasteiger partial charge in [-0.05, 0) is 13.3 Å². The summed E-state index contributed by atoms with van der Waals surface area (Å²) in [6, 6.07) is 0. The molecule has 0 radical (unpaired) electrons. The molecule has 0 bridgehead atoms. The SMILES string of the molecule is CCCCC([C@H](O)[C@H](O)[C@@H](O)[C@H](C)O)S(=O)O. The van der Waals surface area contributed by atoms with Crippen LogP contribution in [0, 0.1) is 0 Å². The molecular formula is C10H22O6S. The zero-order valence-electron chi connectivity index (χ0n) is 10.1. The fourth-order valence-corrected chi connectivity index (χ4v) is 2.27. The van der Waals surface area contributed by atoms with Crippen molar-refractivity contribution in [2.75, 3.05) is 0 Å². The number of rotatable bonds is 8. The maximum atomic E-state index is 11.0. The molecule has 0 spiro atoms. The molecule has 0 saturated carbocycles. The third kappa shape index (κ3) is 5.41. The molecule has 17 heavy (non-hydrogen) atoms. The van der Waals surface area contributed by atoms with E-state index >= 15 is 0 Å². The molecule has 0 fully saturated rings. The van der Waals surface area contributed by atoms with Crippen LogP contribution in [0.2, 0.25) is 0 Å². The molecule has 0 aliphatic rings. The third-order valence-electron chi connectivity index (χ3n) is 2.68. The molecule has 0 amide bonds. The molecule has 2 unspecified atom stereocenters. The van der Waals surface area contributed by atoms with E-state index in [1.807, 2.05) is 6.92 Å². The van der Waals surface area contributed by atoms with Gasteiger partial charge < -0.3 is 25.0 Å². The van der Waals surface area contributed by atoms with Crippen molar-refractivity contribution >= 4 is 11.1 Å². The number of unbranched alkanes of at least 4 members (excludes halogenated alkanes) is 1. The Hall–Kier alpha value is -0.0500. The maximum Gasteiger partial charge on any atom is 0.158 e. The first-order valence-corrected chi connectivity index (χ1v) is 6.81. The number of hydrogen-bond donors (Lipinski definition) is 5. The molecule has 0 aromatic rings. The highest BCUT2D eigenvalue weighted by Crippen LogP contribution is 2.16. The van der Waals surface area contributed by atoms with Crippen LogP contribution in [0.15, 0.2) is 0 Å². The molecular weight excluding hydrogens is 248 g/mol. The van der Waals surface area contributed by atoms with Crippen LogP contribution in [0.5, 0.6) is 0 Å². The lowest BCUT2D eigenvalue weighted by Crippen LogP contribution is -2.49. The molecule has 7 heteroatoms. The van der Waals surface area contributed by atoms with Gasteiger partial charge in [-0.1, -0.05) is 19.8 Å². The van der Waals surface area contributed by atoms with Crippen molar-refractivity contribution in [3.8, 4) is 0 Å². The Kier molecular flexibility index (Phi) is 8.10. The van der Waals surface area contributed by atoms with Gasteiger partial charge in [0.2, 0.25) is 0 Å². The van der Waals surface area contributed by atoms with E-state index in [0.717, 1.165) is 6.42 Å². The van der Waals surface area contributed by atoms with Crippen molar-refractivity contribution in [2.24, 2.45) is 0 Å². The number of hydrogen-bond acceptors (Lipinski definition) is 5. The monoisotopic (exact) mass is 270 g/mol. The first kappa shape index (κ1) is 16.9. The fourth-order valence-electron chi connectivity index (χ4n) is 1.50. The van der Waals surface area contributed by atoms with E-state index in [1.54, 1.807) is 0 Å². The first-order valence-electron chi connectivity index (χ1n) is 5.64. The molecule has 0 heterocycles. The van der Waals surface area contributed by atoms with Crippen molar-refractivity contribution in [1.82, 2.24) is 0 Å². The molecule has 0 aliphatic heterocycles. The van der Waals surface area contributed by atoms with Crippen LogP contribution >= 0.6 is 0 Å². The molecule has 0 rings (SSSR count). The van der Waals surface area contributed by atoms with E-state index in [0.29, 0.717) is 6.42 Å². The maximum absolute atomic E-state index is 11.0. The summed E-state index contributed by atoms with van der Waals surface area (Å²) < 4.78 is 20.1. The Morgan fingerprint density at radius 1 is 1.06 bits per heavy atom. The molecule has 104 valence electrons. The lowest BCUT2D eigenvalue weighted by Gasteiger charge is -2.28. The Labute approximate surface area is 104 Å². The predicted molar refractivity (Wildman–Crippen MR) is 63.8 cm³/mol. The number of aliphatic hydroxyl groups excluding tert-OH is 4. The topological polar surface area (TPSA) is 118 Å². The van der Waals surface area contributed by atoms with Crippen LogP contribution in [0.1, 0.15) is 33.1 Å². The van der Waals surface area contributed by atoms with E-state index in [9.17, 15) is 19.5 Å². The lowest BCUT2D eigenvalue weighted by atomic mass is 9.99. The van der Waals surface area contributed by atoms with E-state index in [-0.39, 0.29) is 6.42 Å². The standard InChI is InChI=1S/C10H22O6S/c1-3-4-5-7(17(15)16)9(13)10(14)8(12)6(2)11/h6-14H,3-5H2,1-2H3,(H,15,16)/t6-,7?,8-,9-,10+/m0/s1. The second-order valence-corrected chi connectivity index (χ2v) is 5.33. The summed E-state index contributed by atoms with van der Waals surface area (Å²) in [6.45, 7) is 3.16. The average Bonchev–Trinajstić information content (AvgIpc) is 2.26. The minimum absolute atomic E-state index is 0.268. The molecule has 0 aromatic carbocycles. The summed E-state index contributed by atoms with van der Waals surface area (Å²) in [5, 5.41) is 36.7. The Balaban J connectivity index is 4.59. The van der Waals surface area contributed by atoms with Crippen molar-refractivity contribution in [3.63, 3.8) is 0 Å². The van der Waals surface area contributed by atoms with Crippen LogP contribution in [-0.2, 0) is 11.1 Å². The highest BCUT2D eigenvalue weighted by Gasteiger charge is 2.35. The molecule has 5 N–H and O–H groups in total. The lowest BCUT2D eigenvalue weighted by molar-refractivity contribution is -0.101.